The number of hydrogen-bond acceptors (Lipinski definition) is 5. The summed E-state index contributed by atoms with van der Waals surface area (Å²) >= 11 is -2.13. The van der Waals surface area contributed by atoms with Crippen LogP contribution in [0.15, 0.2) is 48.5 Å². The quantitative estimate of drug-likeness (QED) is 0.503. The molecule has 3 rings (SSSR count). The molecule has 1 amide bonds. The molecular formula is C25H33N2O4S-. The van der Waals surface area contributed by atoms with Crippen LogP contribution in [0.25, 0.3) is 0 Å². The maximum atomic E-state index is 11.9. The minimum Gasteiger partial charge on any atom is -0.772 e. The predicted octanol–water partition coefficient (Wildman–Crippen LogP) is 3.61. The number of carbonyl (C=O) groups excluding carboxylic acids is 1. The van der Waals surface area contributed by atoms with E-state index in [2.05, 4.69) is 41.8 Å². The first-order valence-corrected chi connectivity index (χ1v) is 12.6. The average Bonchev–Trinajstić information content (AvgIpc) is 3.23. The van der Waals surface area contributed by atoms with E-state index in [0.717, 1.165) is 30.6 Å². The molecule has 0 saturated heterocycles. The molecule has 2 N–H and O–H groups in total. The van der Waals surface area contributed by atoms with Crippen LogP contribution < -0.4 is 15.4 Å². The molecule has 1 aliphatic carbocycles. The fraction of sp³-hybridized carbons (Fsp3) is 0.480. The highest BCUT2D eigenvalue weighted by molar-refractivity contribution is 7.79. The maximum absolute atomic E-state index is 11.9. The Bertz CT molecular complexity index is 903. The Morgan fingerprint density at radius 2 is 2.00 bits per heavy atom. The average molecular weight is 458 g/mol. The molecular weight excluding hydrogens is 424 g/mol. The van der Waals surface area contributed by atoms with Crippen LogP contribution in [0.3, 0.4) is 0 Å². The summed E-state index contributed by atoms with van der Waals surface area (Å²) < 4.78 is 26.7. The van der Waals surface area contributed by atoms with Gasteiger partial charge in [-0.15, -0.1) is 0 Å². The normalized spacial score (nSPS) is 20.0. The lowest BCUT2D eigenvalue weighted by Gasteiger charge is -2.21. The number of amides is 1. The summed E-state index contributed by atoms with van der Waals surface area (Å²) in [7, 11) is 0. The first kappa shape index (κ1) is 24.4. The first-order chi connectivity index (χ1) is 15.4. The lowest BCUT2D eigenvalue weighted by atomic mass is 9.95. The second-order valence-corrected chi connectivity index (χ2v) is 9.39. The predicted molar refractivity (Wildman–Crippen MR) is 126 cm³/mol. The van der Waals surface area contributed by atoms with Gasteiger partial charge in [-0.25, -0.2) is 0 Å². The van der Waals surface area contributed by atoms with Crippen molar-refractivity contribution in [1.82, 2.24) is 10.6 Å². The zero-order valence-corrected chi connectivity index (χ0v) is 19.7. The molecule has 6 nitrogen and oxygen atoms in total. The van der Waals surface area contributed by atoms with Gasteiger partial charge in [0.05, 0.1) is 13.0 Å². The van der Waals surface area contributed by atoms with E-state index in [9.17, 15) is 13.6 Å². The fourth-order valence-electron chi connectivity index (χ4n) is 4.36. The molecule has 7 heteroatoms. The molecule has 2 aromatic carbocycles. The molecule has 4 unspecified atom stereocenters. The van der Waals surface area contributed by atoms with E-state index in [4.69, 9.17) is 4.74 Å². The molecule has 1 aliphatic rings. The molecule has 0 aliphatic heterocycles. The van der Waals surface area contributed by atoms with Crippen LogP contribution in [0.1, 0.15) is 61.8 Å². The Hall–Kier alpha value is -2.22. The topological polar surface area (TPSA) is 90.5 Å². The van der Waals surface area contributed by atoms with E-state index in [-0.39, 0.29) is 30.7 Å². The van der Waals surface area contributed by atoms with Gasteiger partial charge < -0.3 is 19.9 Å². The summed E-state index contributed by atoms with van der Waals surface area (Å²) in [5, 5.41) is 6.41. The van der Waals surface area contributed by atoms with Gasteiger partial charge in [0.2, 0.25) is 5.91 Å². The lowest BCUT2D eigenvalue weighted by molar-refractivity contribution is -0.120. The number of hydrogen-bond donors (Lipinski definition) is 2. The van der Waals surface area contributed by atoms with Crippen molar-refractivity contribution in [1.29, 1.82) is 0 Å². The van der Waals surface area contributed by atoms with Crippen molar-refractivity contribution < 1.29 is 18.3 Å². The summed E-state index contributed by atoms with van der Waals surface area (Å²) in [4.78, 5) is 11.9. The fourth-order valence-corrected chi connectivity index (χ4v) is 4.62. The molecule has 0 spiro atoms. The zero-order chi connectivity index (χ0) is 22.9. The summed E-state index contributed by atoms with van der Waals surface area (Å²) in [5.41, 5.74) is 3.49. The molecule has 0 bridgehead atoms. The third-order valence-electron chi connectivity index (χ3n) is 5.99. The van der Waals surface area contributed by atoms with Crippen LogP contribution in [0, 0.1) is 0 Å². The van der Waals surface area contributed by atoms with Crippen LogP contribution in [-0.2, 0) is 22.3 Å². The van der Waals surface area contributed by atoms with E-state index in [0.29, 0.717) is 18.6 Å². The molecule has 174 valence electrons. The maximum Gasteiger partial charge on any atom is 0.224 e. The molecule has 32 heavy (non-hydrogen) atoms. The van der Waals surface area contributed by atoms with Gasteiger partial charge in [-0.3, -0.25) is 9.00 Å². The van der Waals surface area contributed by atoms with Crippen molar-refractivity contribution in [3.05, 3.63) is 65.2 Å². The van der Waals surface area contributed by atoms with Gasteiger partial charge in [-0.2, -0.15) is 0 Å². The second kappa shape index (κ2) is 12.1. The summed E-state index contributed by atoms with van der Waals surface area (Å²) in [6, 6.07) is 17.3. The minimum absolute atomic E-state index is 0.0574. The van der Waals surface area contributed by atoms with Crippen LogP contribution in [-0.4, -0.2) is 39.6 Å². The highest BCUT2D eigenvalue weighted by Crippen LogP contribution is 2.35. The smallest absolute Gasteiger partial charge is 0.224 e. The highest BCUT2D eigenvalue weighted by Gasteiger charge is 2.27. The second-order valence-electron chi connectivity index (χ2n) is 8.38. The summed E-state index contributed by atoms with van der Waals surface area (Å²) in [5.74, 6) is 1.22. The monoisotopic (exact) mass is 457 g/mol. The van der Waals surface area contributed by atoms with Gasteiger partial charge >= 0.3 is 0 Å². The van der Waals surface area contributed by atoms with Gasteiger partial charge in [0.1, 0.15) is 5.75 Å². The Kier molecular flexibility index (Phi) is 9.26. The Labute approximate surface area is 193 Å². The molecule has 1 fully saturated rings. The van der Waals surface area contributed by atoms with E-state index >= 15 is 0 Å². The number of benzene rings is 2. The zero-order valence-electron chi connectivity index (χ0n) is 18.8. The number of carbonyl (C=O) groups is 1. The van der Waals surface area contributed by atoms with Crippen LogP contribution in [0.2, 0.25) is 0 Å². The molecule has 0 aromatic heterocycles. The molecule has 2 aromatic rings. The van der Waals surface area contributed by atoms with Crippen LogP contribution >= 0.6 is 0 Å². The molecule has 4 atom stereocenters. The van der Waals surface area contributed by atoms with Crippen LogP contribution in [0.4, 0.5) is 0 Å². The summed E-state index contributed by atoms with van der Waals surface area (Å²) in [6.45, 7) is 5.02. The number of rotatable bonds is 11. The van der Waals surface area contributed by atoms with Gasteiger partial charge in [0.25, 0.3) is 0 Å². The standard InChI is InChI=1S/C25H34N2O4S/c1-3-31-24-6-4-5-21(17-24)18(2)27-23-12-11-22(16-23)20-9-7-19(8-10-20)15-25(28)26-13-14-32(29)30/h4-10,17-18,22-23,27H,3,11-16H2,1-2H3,(H,26,28)(H,29,30)/p-1. The lowest BCUT2D eigenvalue weighted by Crippen LogP contribution is -2.29. The Balaban J connectivity index is 1.48. The highest BCUT2D eigenvalue weighted by atomic mass is 32.2. The third kappa shape index (κ3) is 7.43. The minimum atomic E-state index is -2.13. The van der Waals surface area contributed by atoms with Crippen molar-refractivity contribution in [3.8, 4) is 5.75 Å². The molecule has 1 saturated carbocycles. The van der Waals surface area contributed by atoms with Crippen molar-refractivity contribution >= 4 is 17.0 Å². The van der Waals surface area contributed by atoms with Crippen molar-refractivity contribution in [3.63, 3.8) is 0 Å². The van der Waals surface area contributed by atoms with Crippen LogP contribution in [0.5, 0.6) is 5.75 Å². The first-order valence-electron chi connectivity index (χ1n) is 11.3. The van der Waals surface area contributed by atoms with E-state index in [1.54, 1.807) is 0 Å². The Morgan fingerprint density at radius 3 is 2.72 bits per heavy atom. The molecule has 0 radical (unpaired) electrons. The van der Waals surface area contributed by atoms with E-state index in [1.165, 1.54) is 11.1 Å². The number of ether oxygens (including phenoxy) is 1. The van der Waals surface area contributed by atoms with Crippen molar-refractivity contribution in [2.24, 2.45) is 0 Å². The van der Waals surface area contributed by atoms with Crippen molar-refractivity contribution in [2.45, 2.75) is 57.5 Å². The van der Waals surface area contributed by atoms with Gasteiger partial charge in [0, 0.05) is 24.4 Å². The SMILES string of the molecule is CCOc1cccc(C(C)NC2CCC(c3ccc(CC(=O)NCCS(=O)[O-])cc3)C2)c1. The summed E-state index contributed by atoms with van der Waals surface area (Å²) in [6.07, 6.45) is 3.65. The largest absolute Gasteiger partial charge is 0.772 e. The number of nitrogens with one attached hydrogen (secondary N) is 2. The van der Waals surface area contributed by atoms with Gasteiger partial charge in [-0.05, 0) is 67.9 Å². The molecule has 0 heterocycles. The van der Waals surface area contributed by atoms with E-state index < -0.39 is 11.1 Å². The van der Waals surface area contributed by atoms with Crippen molar-refractivity contribution in [2.75, 3.05) is 18.9 Å². The van der Waals surface area contributed by atoms with Gasteiger partial charge in [0.15, 0.2) is 0 Å². The third-order valence-corrected chi connectivity index (χ3v) is 6.53. The van der Waals surface area contributed by atoms with Gasteiger partial charge in [-0.1, -0.05) is 47.5 Å². The van der Waals surface area contributed by atoms with E-state index in [1.807, 2.05) is 31.2 Å². The Morgan fingerprint density at radius 1 is 1.22 bits per heavy atom.